The predicted octanol–water partition coefficient (Wildman–Crippen LogP) is 4.67. The van der Waals surface area contributed by atoms with Crippen LogP contribution in [0.25, 0.3) is 11.5 Å². The number of hydrogen-bond donors (Lipinski definition) is 0. The summed E-state index contributed by atoms with van der Waals surface area (Å²) in [7, 11) is -4.04. The molecular formula is C30H31N3O6S. The molecule has 2 aliphatic heterocycles. The second-order valence-electron chi connectivity index (χ2n) is 9.64. The zero-order valence-corrected chi connectivity index (χ0v) is 23.1. The van der Waals surface area contributed by atoms with Crippen LogP contribution in [0, 0.1) is 0 Å². The number of hydrogen-bond acceptors (Lipinski definition) is 9. The van der Waals surface area contributed by atoms with Crippen molar-refractivity contribution in [1.82, 2.24) is 9.88 Å². The van der Waals surface area contributed by atoms with Gasteiger partial charge in [-0.1, -0.05) is 30.3 Å². The zero-order valence-electron chi connectivity index (χ0n) is 22.3. The quantitative estimate of drug-likeness (QED) is 0.304. The third-order valence-electron chi connectivity index (χ3n) is 6.98. The number of piperazine rings is 1. The largest absolute Gasteiger partial charge is 0.494 e. The van der Waals surface area contributed by atoms with Crippen LogP contribution in [-0.2, 0) is 16.4 Å². The Balaban J connectivity index is 1.32. The fourth-order valence-electron chi connectivity index (χ4n) is 4.91. The molecule has 6 rings (SSSR count). The van der Waals surface area contributed by atoms with Crippen molar-refractivity contribution < 1.29 is 27.0 Å². The third kappa shape index (κ3) is 5.37. The fraction of sp³-hybridized carbons (Fsp3) is 0.300. The van der Waals surface area contributed by atoms with Crippen LogP contribution in [0.1, 0.15) is 12.5 Å². The summed E-state index contributed by atoms with van der Waals surface area (Å²) >= 11 is 0. The summed E-state index contributed by atoms with van der Waals surface area (Å²) in [4.78, 5) is 8.95. The van der Waals surface area contributed by atoms with E-state index in [1.165, 1.54) is 17.7 Å². The smallest absolute Gasteiger partial charge is 0.236 e. The molecule has 4 aromatic rings. The fourth-order valence-corrected chi connectivity index (χ4v) is 6.25. The van der Waals surface area contributed by atoms with E-state index in [2.05, 4.69) is 22.0 Å². The summed E-state index contributed by atoms with van der Waals surface area (Å²) in [6, 6.07) is 22.2. The van der Waals surface area contributed by atoms with Gasteiger partial charge in [0.05, 0.1) is 11.5 Å². The van der Waals surface area contributed by atoms with E-state index in [9.17, 15) is 8.42 Å². The Labute approximate surface area is 233 Å². The minimum Gasteiger partial charge on any atom is -0.494 e. The molecule has 0 spiro atoms. The zero-order chi connectivity index (χ0) is 27.5. The first-order valence-electron chi connectivity index (χ1n) is 13.4. The second-order valence-corrected chi connectivity index (χ2v) is 11.5. The van der Waals surface area contributed by atoms with Gasteiger partial charge in [-0.15, -0.1) is 0 Å². The van der Waals surface area contributed by atoms with E-state index < -0.39 is 9.84 Å². The molecule has 0 radical (unpaired) electrons. The number of benzene rings is 3. The number of fused-ring (bicyclic) bond motifs is 1. The normalized spacial score (nSPS) is 15.7. The maximum Gasteiger partial charge on any atom is 0.236 e. The summed E-state index contributed by atoms with van der Waals surface area (Å²) < 4.78 is 51.0. The van der Waals surface area contributed by atoms with E-state index in [0.29, 0.717) is 50.0 Å². The van der Waals surface area contributed by atoms with Gasteiger partial charge < -0.3 is 23.5 Å². The Hall–Kier alpha value is -4.02. The molecular weight excluding hydrogens is 530 g/mol. The van der Waals surface area contributed by atoms with Gasteiger partial charge in [-0.05, 0) is 48.9 Å². The SMILES string of the molecule is CCOc1ccc(-c2nc(S(=O)(=O)c3ccc4c(c3)OCCO4)c(N3CCN(Cc4ccccc4)CC3)o2)cc1. The average Bonchev–Trinajstić information content (AvgIpc) is 3.45. The van der Waals surface area contributed by atoms with Crippen molar-refractivity contribution in [3.05, 3.63) is 78.4 Å². The molecule has 10 heteroatoms. The number of aromatic nitrogens is 1. The molecule has 0 bridgehead atoms. The predicted molar refractivity (Wildman–Crippen MR) is 150 cm³/mol. The number of rotatable bonds is 8. The van der Waals surface area contributed by atoms with Crippen molar-refractivity contribution >= 4 is 15.7 Å². The van der Waals surface area contributed by atoms with E-state index in [1.807, 2.05) is 54.3 Å². The molecule has 2 aliphatic rings. The minimum atomic E-state index is -4.04. The lowest BCUT2D eigenvalue weighted by Gasteiger charge is -2.34. The second kappa shape index (κ2) is 11.2. The van der Waals surface area contributed by atoms with E-state index >= 15 is 0 Å². The lowest BCUT2D eigenvalue weighted by Crippen LogP contribution is -2.46. The molecule has 0 saturated carbocycles. The molecule has 40 heavy (non-hydrogen) atoms. The molecule has 3 aromatic carbocycles. The van der Waals surface area contributed by atoms with E-state index in [0.717, 1.165) is 25.4 Å². The highest BCUT2D eigenvalue weighted by Gasteiger charge is 2.33. The van der Waals surface area contributed by atoms with Crippen molar-refractivity contribution in [2.24, 2.45) is 0 Å². The molecule has 1 aromatic heterocycles. The van der Waals surface area contributed by atoms with Gasteiger partial charge in [0.2, 0.25) is 26.6 Å². The number of oxazole rings is 1. The third-order valence-corrected chi connectivity index (χ3v) is 8.63. The molecule has 0 amide bonds. The first-order chi connectivity index (χ1) is 19.5. The molecule has 9 nitrogen and oxygen atoms in total. The highest BCUT2D eigenvalue weighted by Crippen LogP contribution is 2.38. The van der Waals surface area contributed by atoms with Crippen LogP contribution in [0.5, 0.6) is 17.2 Å². The van der Waals surface area contributed by atoms with Gasteiger partial charge in [0.25, 0.3) is 0 Å². The summed E-state index contributed by atoms with van der Waals surface area (Å²) in [6.45, 7) is 6.83. The van der Waals surface area contributed by atoms with Crippen LogP contribution in [0.3, 0.4) is 0 Å². The number of anilines is 1. The summed E-state index contributed by atoms with van der Waals surface area (Å²) in [5, 5.41) is -0.107. The Morgan fingerprint density at radius 1 is 0.875 bits per heavy atom. The average molecular weight is 562 g/mol. The molecule has 208 valence electrons. The van der Waals surface area contributed by atoms with Crippen LogP contribution >= 0.6 is 0 Å². The van der Waals surface area contributed by atoms with E-state index in [1.54, 1.807) is 6.07 Å². The lowest BCUT2D eigenvalue weighted by molar-refractivity contribution is 0.171. The molecule has 3 heterocycles. The highest BCUT2D eigenvalue weighted by atomic mass is 32.2. The van der Waals surface area contributed by atoms with Gasteiger partial charge in [-0.3, -0.25) is 4.90 Å². The number of sulfone groups is 1. The van der Waals surface area contributed by atoms with E-state index in [-0.39, 0.29) is 21.7 Å². The van der Waals surface area contributed by atoms with Gasteiger partial charge >= 0.3 is 0 Å². The van der Waals surface area contributed by atoms with E-state index in [4.69, 9.17) is 18.6 Å². The van der Waals surface area contributed by atoms with Gasteiger partial charge in [0.1, 0.15) is 19.0 Å². The Bertz CT molecular complexity index is 1560. The van der Waals surface area contributed by atoms with Gasteiger partial charge in [0, 0.05) is 44.4 Å². The standard InChI is InChI=1S/C30H31N3O6S/c1-2-36-24-10-8-23(9-11-24)28-31-29(40(34,35)25-12-13-26-27(20-25)38-19-18-37-26)30(39-28)33-16-14-32(15-17-33)21-22-6-4-3-5-7-22/h3-13,20H,2,14-19,21H2,1H3. The van der Waals surface area contributed by atoms with Crippen molar-refractivity contribution in [2.75, 3.05) is 50.9 Å². The Morgan fingerprint density at radius 3 is 2.33 bits per heavy atom. The van der Waals surface area contributed by atoms with Crippen molar-refractivity contribution in [3.8, 4) is 28.7 Å². The molecule has 0 N–H and O–H groups in total. The molecule has 0 unspecified atom stereocenters. The van der Waals surface area contributed by atoms with Gasteiger partial charge in [-0.2, -0.15) is 4.98 Å². The highest BCUT2D eigenvalue weighted by molar-refractivity contribution is 7.91. The monoisotopic (exact) mass is 561 g/mol. The number of nitrogens with zero attached hydrogens (tertiary/aromatic N) is 3. The van der Waals surface area contributed by atoms with Gasteiger partial charge in [-0.25, -0.2) is 8.42 Å². The van der Waals surface area contributed by atoms with Crippen LogP contribution in [0.2, 0.25) is 0 Å². The topological polar surface area (TPSA) is 94.3 Å². The van der Waals surface area contributed by atoms with Crippen LogP contribution in [-0.4, -0.2) is 64.3 Å². The van der Waals surface area contributed by atoms with Crippen molar-refractivity contribution in [2.45, 2.75) is 23.4 Å². The summed E-state index contributed by atoms with van der Waals surface area (Å²) in [6.07, 6.45) is 0. The van der Waals surface area contributed by atoms with Gasteiger partial charge in [0.15, 0.2) is 11.5 Å². The molecule has 0 aliphatic carbocycles. The maximum absolute atomic E-state index is 14.0. The maximum atomic E-state index is 14.0. The van der Waals surface area contributed by atoms with Crippen LogP contribution in [0.4, 0.5) is 5.88 Å². The van der Waals surface area contributed by atoms with Crippen molar-refractivity contribution in [3.63, 3.8) is 0 Å². The summed E-state index contributed by atoms with van der Waals surface area (Å²) in [5.74, 6) is 2.13. The molecule has 1 fully saturated rings. The van der Waals surface area contributed by atoms with Crippen LogP contribution < -0.4 is 19.1 Å². The minimum absolute atomic E-state index is 0.0762. The van der Waals surface area contributed by atoms with Crippen LogP contribution in [0.15, 0.2) is 87.1 Å². The first-order valence-corrected chi connectivity index (χ1v) is 14.9. The molecule has 0 atom stereocenters. The molecule has 1 saturated heterocycles. The summed E-state index contributed by atoms with van der Waals surface area (Å²) in [5.41, 5.74) is 1.91. The van der Waals surface area contributed by atoms with Crippen molar-refractivity contribution in [1.29, 1.82) is 0 Å². The lowest BCUT2D eigenvalue weighted by atomic mass is 10.2. The Morgan fingerprint density at radius 2 is 1.60 bits per heavy atom. The number of ether oxygens (including phenoxy) is 3. The Kier molecular flexibility index (Phi) is 7.36. The first kappa shape index (κ1) is 26.2.